The number of rotatable bonds is 1. The number of anilines is 2. The van der Waals surface area contributed by atoms with Crippen molar-refractivity contribution in [2.45, 2.75) is 32.1 Å². The molecule has 0 unspecified atom stereocenters. The number of hydrogen-bond acceptors (Lipinski definition) is 5. The second-order valence-corrected chi connectivity index (χ2v) is 9.34. The molecule has 3 aliphatic rings. The van der Waals surface area contributed by atoms with Gasteiger partial charge in [0, 0.05) is 34.6 Å². The zero-order valence-corrected chi connectivity index (χ0v) is 18.0. The second kappa shape index (κ2) is 6.75. The standard InChI is InChI=1S/C25H20F2N4O2/c1-24(2)10-19-21(20(32)11-24)25(16-9-14(27)5-8-18(16)30-23(25)33)17(12-28)22(29)31(19)15-6-3-13(26)4-7-15/h3-9H,10-11,29H2,1-2H3,(H,30,33)/t25-/m0/s1. The first-order valence-electron chi connectivity index (χ1n) is 10.4. The van der Waals surface area contributed by atoms with Crippen molar-refractivity contribution in [3.8, 4) is 6.07 Å². The van der Waals surface area contributed by atoms with Gasteiger partial charge >= 0.3 is 0 Å². The number of Topliss-reactive ketones (excluding diaryl/α,β-unsaturated/α-hetero) is 1. The van der Waals surface area contributed by atoms with Crippen molar-refractivity contribution in [2.24, 2.45) is 11.1 Å². The van der Waals surface area contributed by atoms with E-state index in [-0.39, 0.29) is 34.7 Å². The van der Waals surface area contributed by atoms with E-state index in [0.717, 1.165) is 0 Å². The fourth-order valence-corrected chi connectivity index (χ4v) is 5.28. The van der Waals surface area contributed by atoms with Crippen molar-refractivity contribution in [2.75, 3.05) is 10.2 Å². The Hall–Kier alpha value is -3.99. The Morgan fingerprint density at radius 2 is 1.73 bits per heavy atom. The summed E-state index contributed by atoms with van der Waals surface area (Å²) in [6, 6.07) is 11.3. The molecule has 0 fully saturated rings. The zero-order chi connectivity index (χ0) is 23.7. The molecular formula is C25H20F2N4O2. The highest BCUT2D eigenvalue weighted by molar-refractivity contribution is 6.20. The number of allylic oxidation sites excluding steroid dienone is 1. The number of carbonyl (C=O) groups excluding carboxylic acids is 2. The van der Waals surface area contributed by atoms with Crippen LogP contribution in [0.1, 0.15) is 32.3 Å². The number of nitrogens with one attached hydrogen (secondary N) is 1. The Bertz CT molecular complexity index is 1350. The van der Waals surface area contributed by atoms with Gasteiger partial charge in [0.2, 0.25) is 5.91 Å². The van der Waals surface area contributed by atoms with E-state index < -0.39 is 28.4 Å². The summed E-state index contributed by atoms with van der Waals surface area (Å²) in [5.41, 5.74) is 5.57. The molecule has 0 bridgehead atoms. The predicted octanol–water partition coefficient (Wildman–Crippen LogP) is 4.01. The highest BCUT2D eigenvalue weighted by atomic mass is 19.1. The van der Waals surface area contributed by atoms with Gasteiger partial charge in [0.25, 0.3) is 0 Å². The minimum absolute atomic E-state index is 0.0550. The predicted molar refractivity (Wildman–Crippen MR) is 117 cm³/mol. The summed E-state index contributed by atoms with van der Waals surface area (Å²) >= 11 is 0. The average Bonchev–Trinajstić information content (AvgIpc) is 3.00. The molecule has 2 aliphatic heterocycles. The molecule has 0 saturated heterocycles. The summed E-state index contributed by atoms with van der Waals surface area (Å²) < 4.78 is 28.0. The van der Waals surface area contributed by atoms with Crippen molar-refractivity contribution in [3.63, 3.8) is 0 Å². The minimum Gasteiger partial charge on any atom is -0.384 e. The van der Waals surface area contributed by atoms with E-state index in [9.17, 15) is 23.6 Å². The Morgan fingerprint density at radius 3 is 2.39 bits per heavy atom. The quantitative estimate of drug-likeness (QED) is 0.690. The topological polar surface area (TPSA) is 99.2 Å². The van der Waals surface area contributed by atoms with Gasteiger partial charge in [-0.25, -0.2) is 8.78 Å². The SMILES string of the molecule is CC1(C)CC(=O)C2=C(C1)N(c1ccc(F)cc1)C(N)=C(C#N)[C@]21C(=O)Nc2ccc(F)cc21. The number of hydrogen-bond donors (Lipinski definition) is 2. The molecule has 166 valence electrons. The number of halogens is 2. The second-order valence-electron chi connectivity index (χ2n) is 9.34. The molecule has 5 rings (SSSR count). The van der Waals surface area contributed by atoms with Crippen LogP contribution in [0.2, 0.25) is 0 Å². The normalized spacial score (nSPS) is 23.4. The molecule has 8 heteroatoms. The van der Waals surface area contributed by atoms with Crippen molar-refractivity contribution >= 4 is 23.1 Å². The monoisotopic (exact) mass is 446 g/mol. The van der Waals surface area contributed by atoms with Gasteiger partial charge in [-0.3, -0.25) is 14.5 Å². The van der Waals surface area contributed by atoms with Crippen LogP contribution >= 0.6 is 0 Å². The molecule has 1 atom stereocenters. The molecule has 6 nitrogen and oxygen atoms in total. The minimum atomic E-state index is -1.85. The highest BCUT2D eigenvalue weighted by Crippen LogP contribution is 2.57. The third-order valence-electron chi connectivity index (χ3n) is 6.54. The van der Waals surface area contributed by atoms with Gasteiger partial charge in [-0.15, -0.1) is 0 Å². The molecule has 1 aliphatic carbocycles. The van der Waals surface area contributed by atoms with Gasteiger partial charge in [0.15, 0.2) is 5.78 Å². The van der Waals surface area contributed by atoms with E-state index >= 15 is 0 Å². The summed E-state index contributed by atoms with van der Waals surface area (Å²) in [7, 11) is 0. The Morgan fingerprint density at radius 1 is 1.06 bits per heavy atom. The summed E-state index contributed by atoms with van der Waals surface area (Å²) in [5.74, 6) is -2.06. The molecule has 0 saturated carbocycles. The van der Waals surface area contributed by atoms with Gasteiger partial charge in [-0.2, -0.15) is 5.26 Å². The number of ketones is 1. The van der Waals surface area contributed by atoms with Crippen LogP contribution in [-0.4, -0.2) is 11.7 Å². The van der Waals surface area contributed by atoms with Crippen LogP contribution in [0.25, 0.3) is 0 Å². The van der Waals surface area contributed by atoms with Crippen LogP contribution in [-0.2, 0) is 15.0 Å². The van der Waals surface area contributed by atoms with E-state index in [1.165, 1.54) is 42.5 Å². The lowest BCUT2D eigenvalue weighted by molar-refractivity contribution is -0.123. The first-order valence-corrected chi connectivity index (χ1v) is 10.4. The molecule has 2 heterocycles. The van der Waals surface area contributed by atoms with Gasteiger partial charge in [-0.1, -0.05) is 13.8 Å². The van der Waals surface area contributed by atoms with E-state index in [0.29, 0.717) is 23.5 Å². The van der Waals surface area contributed by atoms with Crippen LogP contribution in [0.5, 0.6) is 0 Å². The lowest BCUT2D eigenvalue weighted by atomic mass is 9.60. The molecule has 0 aromatic heterocycles. The Balaban J connectivity index is 1.90. The summed E-state index contributed by atoms with van der Waals surface area (Å²) in [6.45, 7) is 3.85. The molecule has 2 aromatic carbocycles. The largest absolute Gasteiger partial charge is 0.384 e. The van der Waals surface area contributed by atoms with E-state index in [4.69, 9.17) is 5.73 Å². The number of nitrogens with two attached hydrogens (primary N) is 1. The van der Waals surface area contributed by atoms with Gasteiger partial charge in [0.05, 0.1) is 5.57 Å². The van der Waals surface area contributed by atoms with Gasteiger partial charge < -0.3 is 11.1 Å². The number of benzene rings is 2. The van der Waals surface area contributed by atoms with Gasteiger partial charge in [0.1, 0.15) is 28.9 Å². The molecule has 1 amide bonds. The van der Waals surface area contributed by atoms with Gasteiger partial charge in [-0.05, 0) is 54.3 Å². The highest BCUT2D eigenvalue weighted by Gasteiger charge is 2.61. The van der Waals surface area contributed by atoms with E-state index in [1.54, 1.807) is 4.90 Å². The smallest absolute Gasteiger partial charge is 0.245 e. The summed E-state index contributed by atoms with van der Waals surface area (Å²) in [6.07, 6.45) is 0.506. The molecule has 3 N–H and O–H groups in total. The third kappa shape index (κ3) is 2.75. The third-order valence-corrected chi connectivity index (χ3v) is 6.54. The first kappa shape index (κ1) is 20.9. The van der Waals surface area contributed by atoms with Crippen LogP contribution in [0, 0.1) is 28.4 Å². The molecule has 2 aromatic rings. The number of fused-ring (bicyclic) bond motifs is 3. The van der Waals surface area contributed by atoms with E-state index in [2.05, 4.69) is 5.32 Å². The van der Waals surface area contributed by atoms with Crippen LogP contribution in [0.3, 0.4) is 0 Å². The van der Waals surface area contributed by atoms with Crippen molar-refractivity contribution in [1.82, 2.24) is 0 Å². The molecular weight excluding hydrogens is 426 g/mol. The van der Waals surface area contributed by atoms with Crippen LogP contribution in [0.4, 0.5) is 20.2 Å². The first-order chi connectivity index (χ1) is 15.6. The summed E-state index contributed by atoms with van der Waals surface area (Å²) in [5, 5.41) is 12.9. The van der Waals surface area contributed by atoms with E-state index in [1.807, 2.05) is 19.9 Å². The molecule has 0 radical (unpaired) electrons. The van der Waals surface area contributed by atoms with Crippen molar-refractivity contribution in [3.05, 3.63) is 82.3 Å². The summed E-state index contributed by atoms with van der Waals surface area (Å²) in [4.78, 5) is 28.8. The fraction of sp³-hybridized carbons (Fsp3) is 0.240. The average molecular weight is 446 g/mol. The zero-order valence-electron chi connectivity index (χ0n) is 18.0. The number of amides is 1. The van der Waals surface area contributed by atoms with Crippen LogP contribution in [0.15, 0.2) is 65.1 Å². The maximum atomic E-state index is 14.4. The number of nitriles is 1. The van der Waals surface area contributed by atoms with Crippen LogP contribution < -0.4 is 16.0 Å². The lowest BCUT2D eigenvalue weighted by Crippen LogP contribution is -2.52. The molecule has 1 spiro atoms. The molecule has 33 heavy (non-hydrogen) atoms. The lowest BCUT2D eigenvalue weighted by Gasteiger charge is -2.46. The maximum absolute atomic E-state index is 14.4. The van der Waals surface area contributed by atoms with Crippen molar-refractivity contribution < 1.29 is 18.4 Å². The Kier molecular flexibility index (Phi) is 4.27. The van der Waals surface area contributed by atoms with Crippen molar-refractivity contribution in [1.29, 1.82) is 5.26 Å². The number of carbonyl (C=O) groups is 2. The fourth-order valence-electron chi connectivity index (χ4n) is 5.28. The Labute approximate surface area is 189 Å². The maximum Gasteiger partial charge on any atom is 0.245 e. The number of nitrogens with zero attached hydrogens (tertiary/aromatic N) is 2.